The van der Waals surface area contributed by atoms with Crippen LogP contribution in [0.1, 0.15) is 34.6 Å². The quantitative estimate of drug-likeness (QED) is 0.844. The minimum atomic E-state index is 0. The molecule has 94 valence electrons. The lowest BCUT2D eigenvalue weighted by molar-refractivity contribution is -0.116. The average molecular weight is 236 g/mol. The SMILES string of the molecule is CCCCC(=O)Nc1ccc2c(c1)CC(=O)N2.[HH].[HH]. The van der Waals surface area contributed by atoms with Gasteiger partial charge in [-0.2, -0.15) is 0 Å². The fourth-order valence-electron chi connectivity index (χ4n) is 1.87. The van der Waals surface area contributed by atoms with E-state index in [2.05, 4.69) is 17.6 Å². The van der Waals surface area contributed by atoms with Gasteiger partial charge in [-0.3, -0.25) is 9.59 Å². The van der Waals surface area contributed by atoms with Crippen LogP contribution < -0.4 is 10.6 Å². The number of hydrogen-bond donors (Lipinski definition) is 2. The lowest BCUT2D eigenvalue weighted by Crippen LogP contribution is -2.10. The minimum absolute atomic E-state index is 0. The Morgan fingerprint density at radius 1 is 1.53 bits per heavy atom. The molecule has 2 N–H and O–H groups in total. The lowest BCUT2D eigenvalue weighted by Gasteiger charge is -2.06. The number of nitrogens with one attached hydrogen (secondary N) is 2. The lowest BCUT2D eigenvalue weighted by atomic mass is 10.1. The predicted molar refractivity (Wildman–Crippen MR) is 71.2 cm³/mol. The molecule has 4 nitrogen and oxygen atoms in total. The number of anilines is 2. The van der Waals surface area contributed by atoms with E-state index in [0.29, 0.717) is 12.8 Å². The molecule has 17 heavy (non-hydrogen) atoms. The molecule has 0 saturated carbocycles. The highest BCUT2D eigenvalue weighted by molar-refractivity contribution is 6.00. The topological polar surface area (TPSA) is 58.2 Å². The molecule has 0 atom stereocenters. The first-order chi connectivity index (χ1) is 8.19. The number of unbranched alkanes of at least 4 members (excludes halogenated alkanes) is 1. The molecule has 0 spiro atoms. The second kappa shape index (κ2) is 4.99. The number of rotatable bonds is 4. The molecule has 0 aliphatic carbocycles. The highest BCUT2D eigenvalue weighted by Crippen LogP contribution is 2.26. The summed E-state index contributed by atoms with van der Waals surface area (Å²) in [5.74, 6) is 0.0403. The molecule has 0 radical (unpaired) electrons. The Hall–Kier alpha value is -1.84. The zero-order valence-electron chi connectivity index (χ0n) is 9.88. The Bertz CT molecular complexity index is 464. The molecule has 1 aliphatic heterocycles. The van der Waals surface area contributed by atoms with Gasteiger partial charge in [0.05, 0.1) is 6.42 Å². The second-order valence-corrected chi connectivity index (χ2v) is 4.25. The van der Waals surface area contributed by atoms with Crippen molar-refractivity contribution in [1.82, 2.24) is 0 Å². The summed E-state index contributed by atoms with van der Waals surface area (Å²) in [6.45, 7) is 2.06. The van der Waals surface area contributed by atoms with Gasteiger partial charge in [-0.25, -0.2) is 0 Å². The summed E-state index contributed by atoms with van der Waals surface area (Å²) in [6.07, 6.45) is 2.85. The zero-order chi connectivity index (χ0) is 12.3. The maximum atomic E-state index is 11.5. The number of amides is 2. The predicted octanol–water partition coefficient (Wildman–Crippen LogP) is 2.80. The van der Waals surface area contributed by atoms with Crippen LogP contribution in [0.5, 0.6) is 0 Å². The summed E-state index contributed by atoms with van der Waals surface area (Å²) in [6, 6.07) is 5.50. The Labute approximate surface area is 103 Å². The van der Waals surface area contributed by atoms with Crippen LogP contribution >= 0.6 is 0 Å². The van der Waals surface area contributed by atoms with Crippen molar-refractivity contribution >= 4 is 23.2 Å². The van der Waals surface area contributed by atoms with E-state index in [0.717, 1.165) is 29.8 Å². The normalized spacial score (nSPS) is 13.1. The first kappa shape index (κ1) is 11.6. The molecule has 2 rings (SSSR count). The van der Waals surface area contributed by atoms with E-state index in [1.807, 2.05) is 18.2 Å². The van der Waals surface area contributed by atoms with Gasteiger partial charge in [-0.15, -0.1) is 0 Å². The highest BCUT2D eigenvalue weighted by atomic mass is 16.2. The summed E-state index contributed by atoms with van der Waals surface area (Å²) >= 11 is 0. The van der Waals surface area contributed by atoms with Crippen molar-refractivity contribution in [3.8, 4) is 0 Å². The van der Waals surface area contributed by atoms with Crippen LogP contribution in [0, 0.1) is 0 Å². The molecule has 4 heteroatoms. The van der Waals surface area contributed by atoms with Crippen LogP contribution in [-0.2, 0) is 16.0 Å². The van der Waals surface area contributed by atoms with Crippen LogP contribution in [0.4, 0.5) is 11.4 Å². The van der Waals surface area contributed by atoms with Gasteiger partial charge in [0, 0.05) is 20.6 Å². The molecule has 0 fully saturated rings. The van der Waals surface area contributed by atoms with Gasteiger partial charge < -0.3 is 10.6 Å². The van der Waals surface area contributed by atoms with Crippen molar-refractivity contribution in [3.63, 3.8) is 0 Å². The summed E-state index contributed by atoms with van der Waals surface area (Å²) in [7, 11) is 0. The van der Waals surface area contributed by atoms with E-state index in [4.69, 9.17) is 0 Å². The summed E-state index contributed by atoms with van der Waals surface area (Å²) < 4.78 is 0. The maximum Gasteiger partial charge on any atom is 0.228 e. The molecule has 1 aromatic rings. The standard InChI is InChI=1S/C13H16N2O2.2H2/c1-2-3-4-12(16)14-10-5-6-11-9(7-10)8-13(17)15-11;;/h5-7H,2-4,8H2,1H3,(H,14,16)(H,15,17);2*1H. The van der Waals surface area contributed by atoms with Crippen molar-refractivity contribution in [2.45, 2.75) is 32.6 Å². The third-order valence-electron chi connectivity index (χ3n) is 2.77. The number of carbonyl (C=O) groups excluding carboxylic acids is 2. The molecule has 1 heterocycles. The summed E-state index contributed by atoms with van der Waals surface area (Å²) in [5, 5.41) is 5.60. The van der Waals surface area contributed by atoms with Crippen molar-refractivity contribution in [1.29, 1.82) is 0 Å². The van der Waals surface area contributed by atoms with E-state index >= 15 is 0 Å². The first-order valence-electron chi connectivity index (χ1n) is 5.91. The van der Waals surface area contributed by atoms with Gasteiger partial charge in [0.2, 0.25) is 11.8 Å². The monoisotopic (exact) mass is 236 g/mol. The first-order valence-corrected chi connectivity index (χ1v) is 5.91. The maximum absolute atomic E-state index is 11.5. The van der Waals surface area contributed by atoms with E-state index in [1.54, 1.807) is 0 Å². The van der Waals surface area contributed by atoms with Crippen molar-refractivity contribution < 1.29 is 12.4 Å². The van der Waals surface area contributed by atoms with Crippen LogP contribution in [-0.4, -0.2) is 11.8 Å². The average Bonchev–Trinajstić information content (AvgIpc) is 2.65. The zero-order valence-corrected chi connectivity index (χ0v) is 9.88. The third kappa shape index (κ3) is 2.84. The smallest absolute Gasteiger partial charge is 0.228 e. The number of benzene rings is 1. The van der Waals surface area contributed by atoms with E-state index in [9.17, 15) is 9.59 Å². The minimum Gasteiger partial charge on any atom is -0.326 e. The molecular formula is C13H20N2O2. The van der Waals surface area contributed by atoms with Crippen molar-refractivity contribution in [2.75, 3.05) is 10.6 Å². The molecule has 2 amide bonds. The Morgan fingerprint density at radius 2 is 2.35 bits per heavy atom. The van der Waals surface area contributed by atoms with E-state index < -0.39 is 0 Å². The molecule has 1 aromatic carbocycles. The van der Waals surface area contributed by atoms with Crippen LogP contribution in [0.3, 0.4) is 0 Å². The third-order valence-corrected chi connectivity index (χ3v) is 2.77. The molecular weight excluding hydrogens is 216 g/mol. The molecule has 1 aliphatic rings. The number of hydrogen-bond acceptors (Lipinski definition) is 2. The fourth-order valence-corrected chi connectivity index (χ4v) is 1.87. The Kier molecular flexibility index (Phi) is 3.42. The van der Waals surface area contributed by atoms with Crippen LogP contribution in [0.2, 0.25) is 0 Å². The van der Waals surface area contributed by atoms with Gasteiger partial charge in [-0.05, 0) is 30.2 Å². The van der Waals surface area contributed by atoms with Gasteiger partial charge in [0.25, 0.3) is 0 Å². The fraction of sp³-hybridized carbons (Fsp3) is 0.385. The largest absolute Gasteiger partial charge is 0.326 e. The molecule has 0 aromatic heterocycles. The van der Waals surface area contributed by atoms with Gasteiger partial charge in [0.1, 0.15) is 0 Å². The van der Waals surface area contributed by atoms with Crippen LogP contribution in [0.15, 0.2) is 18.2 Å². The number of fused-ring (bicyclic) bond motifs is 1. The summed E-state index contributed by atoms with van der Waals surface area (Å²) in [4.78, 5) is 22.7. The van der Waals surface area contributed by atoms with Crippen LogP contribution in [0.25, 0.3) is 0 Å². The Morgan fingerprint density at radius 3 is 3.12 bits per heavy atom. The molecule has 0 unspecified atom stereocenters. The molecule has 0 bridgehead atoms. The Balaban J connectivity index is 0.00000162. The van der Waals surface area contributed by atoms with E-state index in [1.165, 1.54) is 0 Å². The van der Waals surface area contributed by atoms with Gasteiger partial charge in [0.15, 0.2) is 0 Å². The second-order valence-electron chi connectivity index (χ2n) is 4.25. The number of carbonyl (C=O) groups is 2. The molecule has 0 saturated heterocycles. The van der Waals surface area contributed by atoms with Gasteiger partial charge in [-0.1, -0.05) is 13.3 Å². The highest BCUT2D eigenvalue weighted by Gasteiger charge is 2.17. The van der Waals surface area contributed by atoms with Crippen molar-refractivity contribution in [3.05, 3.63) is 23.8 Å². The summed E-state index contributed by atoms with van der Waals surface area (Å²) in [5.41, 5.74) is 2.56. The van der Waals surface area contributed by atoms with Gasteiger partial charge >= 0.3 is 0 Å². The van der Waals surface area contributed by atoms with E-state index in [-0.39, 0.29) is 14.7 Å². The van der Waals surface area contributed by atoms with Crippen molar-refractivity contribution in [2.24, 2.45) is 0 Å².